The number of rotatable bonds is 6. The molecule has 22 heavy (non-hydrogen) atoms. The number of hydrogen-bond donors (Lipinski definition) is 3. The van der Waals surface area contributed by atoms with Crippen molar-refractivity contribution in [1.29, 1.82) is 0 Å². The number of nitrogens with two attached hydrogens (primary N) is 1. The van der Waals surface area contributed by atoms with Gasteiger partial charge in [0.15, 0.2) is 0 Å². The summed E-state index contributed by atoms with van der Waals surface area (Å²) in [6.45, 7) is 1.60. The summed E-state index contributed by atoms with van der Waals surface area (Å²) in [7, 11) is 0. The molecule has 0 aromatic carbocycles. The van der Waals surface area contributed by atoms with Gasteiger partial charge in [-0.2, -0.15) is 0 Å². The quantitative estimate of drug-likeness (QED) is 0.415. The maximum absolute atomic E-state index is 10.7. The molecule has 7 nitrogen and oxygen atoms in total. The fourth-order valence-electron chi connectivity index (χ4n) is 1.85. The van der Waals surface area contributed by atoms with Gasteiger partial charge < -0.3 is 27.1 Å². The molecule has 1 amide bonds. The Bertz CT molecular complexity index is 245. The molecule has 1 aliphatic rings. The Morgan fingerprint density at radius 1 is 1.05 bits per heavy atom. The Hall–Kier alpha value is 0.391. The van der Waals surface area contributed by atoms with Gasteiger partial charge in [0.05, 0.1) is 0 Å². The molecule has 0 saturated carbocycles. The molecule has 1 aliphatic heterocycles. The van der Waals surface area contributed by atoms with E-state index in [0.29, 0.717) is 13.0 Å². The predicted octanol–water partition coefficient (Wildman–Crippen LogP) is 1.31. The van der Waals surface area contributed by atoms with E-state index in [-0.39, 0.29) is 65.7 Å². The van der Waals surface area contributed by atoms with Crippen LogP contribution in [0, 0.1) is 0 Å². The van der Waals surface area contributed by atoms with E-state index in [4.69, 9.17) is 10.8 Å². The van der Waals surface area contributed by atoms with Gasteiger partial charge >= 0.3 is 54.9 Å². The molecule has 0 unspecified atom stereocenters. The number of carboxylic acids is 1. The van der Waals surface area contributed by atoms with Crippen LogP contribution in [0.5, 0.6) is 0 Å². The van der Waals surface area contributed by atoms with Crippen molar-refractivity contribution in [3.8, 4) is 0 Å². The van der Waals surface area contributed by atoms with Crippen LogP contribution in [0.2, 0.25) is 0 Å². The van der Waals surface area contributed by atoms with Crippen molar-refractivity contribution in [2.75, 3.05) is 13.1 Å². The predicted molar refractivity (Wildman–Crippen MR) is 85.5 cm³/mol. The number of amides is 1. The molecule has 0 aromatic heterocycles. The molecule has 1 fully saturated rings. The van der Waals surface area contributed by atoms with Gasteiger partial charge in [-0.25, -0.2) is 0 Å². The van der Waals surface area contributed by atoms with E-state index in [1.54, 1.807) is 0 Å². The molecule has 128 valence electrons. The zero-order valence-corrected chi connectivity index (χ0v) is 17.9. The van der Waals surface area contributed by atoms with Crippen molar-refractivity contribution in [2.24, 2.45) is 5.73 Å². The first-order chi connectivity index (χ1) is 9.16. The second-order valence-electron chi connectivity index (χ2n) is 4.86. The smallest absolute Gasteiger partial charge is 0.870 e. The number of hydrogen-bond acceptors (Lipinski definition) is 5. The van der Waals surface area contributed by atoms with Crippen molar-refractivity contribution in [2.45, 2.75) is 64.2 Å². The molecule has 0 aromatic rings. The molecular weight excluding hydrogens is 413 g/mol. The van der Waals surface area contributed by atoms with E-state index in [1.807, 2.05) is 0 Å². The van der Waals surface area contributed by atoms with Gasteiger partial charge in [-0.1, -0.05) is 25.7 Å². The van der Waals surface area contributed by atoms with E-state index in [0.717, 1.165) is 51.5 Å². The fourth-order valence-corrected chi connectivity index (χ4v) is 1.85. The van der Waals surface area contributed by atoms with Gasteiger partial charge in [0, 0.05) is 19.4 Å². The third kappa shape index (κ3) is 25.4. The fraction of sp³-hybridized carbons (Fsp3) is 0.857. The number of unbranched alkanes of at least 4 members (excludes halogenated alkanes) is 3. The average Bonchev–Trinajstić information content (AvgIpc) is 2.34. The number of carbonyl (C=O) groups excluding carboxylic acids is 1. The number of carbonyl (C=O) groups is 2. The van der Waals surface area contributed by atoms with Crippen molar-refractivity contribution in [3.05, 3.63) is 0 Å². The SMILES string of the molecule is NCCCCCCC(=O)O.O=C1CCCCCCN1.[Ba+2].[OH-].[OH-]. The van der Waals surface area contributed by atoms with Crippen molar-refractivity contribution < 1.29 is 25.6 Å². The Kier molecular flexibility index (Phi) is 32.6. The molecule has 1 saturated heterocycles. The van der Waals surface area contributed by atoms with Gasteiger partial charge in [-0.15, -0.1) is 0 Å². The molecule has 0 spiro atoms. The zero-order chi connectivity index (χ0) is 14.3. The maximum Gasteiger partial charge on any atom is 2.00 e. The summed E-state index contributed by atoms with van der Waals surface area (Å²) in [6, 6.07) is 0. The molecular formula is C14H30BaN2O5. The van der Waals surface area contributed by atoms with Crippen LogP contribution in [-0.4, -0.2) is 89.9 Å². The van der Waals surface area contributed by atoms with Crippen molar-refractivity contribution in [3.63, 3.8) is 0 Å². The minimum Gasteiger partial charge on any atom is -0.870 e. The monoisotopic (exact) mass is 444 g/mol. The van der Waals surface area contributed by atoms with Crippen LogP contribution in [0.4, 0.5) is 0 Å². The summed E-state index contributed by atoms with van der Waals surface area (Å²) in [6.07, 6.45) is 9.62. The first-order valence-corrected chi connectivity index (χ1v) is 7.35. The molecule has 0 bridgehead atoms. The first-order valence-electron chi connectivity index (χ1n) is 7.35. The summed E-state index contributed by atoms with van der Waals surface area (Å²) < 4.78 is 0. The summed E-state index contributed by atoms with van der Waals surface area (Å²) >= 11 is 0. The Labute approximate surface area is 173 Å². The minimum atomic E-state index is -0.701. The van der Waals surface area contributed by atoms with E-state index in [9.17, 15) is 9.59 Å². The normalized spacial score (nSPS) is 13.4. The summed E-state index contributed by atoms with van der Waals surface area (Å²) in [4.78, 5) is 20.7. The summed E-state index contributed by atoms with van der Waals surface area (Å²) in [5.41, 5.74) is 5.25. The topological polar surface area (TPSA) is 152 Å². The second-order valence-corrected chi connectivity index (χ2v) is 4.86. The molecule has 1 rings (SSSR count). The minimum absolute atomic E-state index is 0. The van der Waals surface area contributed by atoms with E-state index >= 15 is 0 Å². The van der Waals surface area contributed by atoms with Crippen LogP contribution in [0.25, 0.3) is 0 Å². The molecule has 0 radical (unpaired) electrons. The Morgan fingerprint density at radius 2 is 1.64 bits per heavy atom. The third-order valence-corrected chi connectivity index (χ3v) is 3.00. The maximum atomic E-state index is 10.7. The van der Waals surface area contributed by atoms with E-state index in [2.05, 4.69) is 5.32 Å². The summed E-state index contributed by atoms with van der Waals surface area (Å²) in [5, 5.41) is 11.1. The number of carboxylic acid groups (broad SMARTS) is 1. The van der Waals surface area contributed by atoms with Gasteiger partial charge in [-0.3, -0.25) is 9.59 Å². The molecule has 0 atom stereocenters. The van der Waals surface area contributed by atoms with E-state index < -0.39 is 5.97 Å². The largest absolute Gasteiger partial charge is 2.00 e. The van der Waals surface area contributed by atoms with Crippen LogP contribution in [0.1, 0.15) is 64.2 Å². The molecule has 0 aliphatic carbocycles. The first kappa shape index (κ1) is 30.3. The van der Waals surface area contributed by atoms with Gasteiger partial charge in [0.25, 0.3) is 0 Å². The third-order valence-electron chi connectivity index (χ3n) is 3.00. The molecule has 1 heterocycles. The summed E-state index contributed by atoms with van der Waals surface area (Å²) in [5.74, 6) is -0.470. The van der Waals surface area contributed by atoms with Crippen molar-refractivity contribution >= 4 is 60.8 Å². The second kappa shape index (κ2) is 23.7. The Morgan fingerprint density at radius 3 is 2.23 bits per heavy atom. The van der Waals surface area contributed by atoms with Gasteiger partial charge in [0.1, 0.15) is 0 Å². The average molecular weight is 444 g/mol. The van der Waals surface area contributed by atoms with Gasteiger partial charge in [0.2, 0.25) is 5.91 Å². The molecule has 6 N–H and O–H groups in total. The molecule has 8 heteroatoms. The van der Waals surface area contributed by atoms with Crippen LogP contribution in [0.3, 0.4) is 0 Å². The van der Waals surface area contributed by atoms with Crippen LogP contribution >= 0.6 is 0 Å². The van der Waals surface area contributed by atoms with Crippen LogP contribution in [-0.2, 0) is 9.59 Å². The number of nitrogens with one attached hydrogen (secondary N) is 1. The van der Waals surface area contributed by atoms with Gasteiger partial charge in [-0.05, 0) is 32.2 Å². The van der Waals surface area contributed by atoms with Crippen molar-refractivity contribution in [1.82, 2.24) is 5.32 Å². The zero-order valence-electron chi connectivity index (χ0n) is 13.4. The Balaban J connectivity index is -0.000000130. The van der Waals surface area contributed by atoms with E-state index in [1.165, 1.54) is 12.8 Å². The van der Waals surface area contributed by atoms with Crippen LogP contribution < -0.4 is 11.1 Å². The van der Waals surface area contributed by atoms with Crippen LogP contribution in [0.15, 0.2) is 0 Å². The number of aliphatic carboxylic acids is 1. The standard InChI is InChI=1S/C7H15NO2.C7H13NO.Ba.2H2O/c8-6-4-2-1-3-5-7(9)10;9-7-5-3-1-2-4-6-8-7;;;/h1-6,8H2,(H,9,10);1-6H2,(H,8,9);;2*1H2/q;;+2;;/p-2.